The smallest absolute Gasteiger partial charge is 0.127 e. The standard InChI is InChI=1S/C14H20ClNO/c1-10-5-3-4-6-13(10)17-14-7-11(2)16-9-12(14)8-15/h7,9-10,13H,3-6,8H2,1-2H3. The molecule has 1 heterocycles. The third kappa shape index (κ3) is 3.12. The van der Waals surface area contributed by atoms with E-state index in [0.717, 1.165) is 23.4 Å². The van der Waals surface area contributed by atoms with Crippen LogP contribution in [0.15, 0.2) is 12.3 Å². The van der Waals surface area contributed by atoms with Gasteiger partial charge in [-0.2, -0.15) is 0 Å². The van der Waals surface area contributed by atoms with Gasteiger partial charge in [-0.3, -0.25) is 4.98 Å². The number of rotatable bonds is 3. The predicted octanol–water partition coefficient (Wildman–Crippen LogP) is 4.09. The molecule has 0 spiro atoms. The van der Waals surface area contributed by atoms with Crippen LogP contribution in [0, 0.1) is 12.8 Å². The molecule has 94 valence electrons. The second-order valence-electron chi connectivity index (χ2n) is 4.99. The molecule has 2 atom stereocenters. The van der Waals surface area contributed by atoms with Crippen molar-refractivity contribution in [3.8, 4) is 5.75 Å². The maximum Gasteiger partial charge on any atom is 0.127 e. The largest absolute Gasteiger partial charge is 0.490 e. The van der Waals surface area contributed by atoms with Gasteiger partial charge in [0, 0.05) is 23.5 Å². The Labute approximate surface area is 108 Å². The van der Waals surface area contributed by atoms with E-state index in [-0.39, 0.29) is 0 Å². The van der Waals surface area contributed by atoms with E-state index in [2.05, 4.69) is 11.9 Å². The van der Waals surface area contributed by atoms with Gasteiger partial charge in [0.05, 0.1) is 5.88 Å². The minimum absolute atomic E-state index is 0.340. The van der Waals surface area contributed by atoms with Crippen LogP contribution in [0.5, 0.6) is 5.75 Å². The first-order chi connectivity index (χ1) is 8.20. The van der Waals surface area contributed by atoms with Crippen LogP contribution in [-0.2, 0) is 5.88 Å². The van der Waals surface area contributed by atoms with Gasteiger partial charge in [-0.1, -0.05) is 13.3 Å². The summed E-state index contributed by atoms with van der Waals surface area (Å²) in [5.41, 5.74) is 1.98. The first-order valence-corrected chi connectivity index (χ1v) is 6.92. The summed E-state index contributed by atoms with van der Waals surface area (Å²) < 4.78 is 6.15. The van der Waals surface area contributed by atoms with E-state index < -0.39 is 0 Å². The molecule has 1 aromatic rings. The van der Waals surface area contributed by atoms with Gasteiger partial charge in [0.15, 0.2) is 0 Å². The van der Waals surface area contributed by atoms with Gasteiger partial charge in [-0.15, -0.1) is 11.6 Å². The lowest BCUT2D eigenvalue weighted by Crippen LogP contribution is -2.28. The van der Waals surface area contributed by atoms with Crippen molar-refractivity contribution in [2.24, 2.45) is 5.92 Å². The van der Waals surface area contributed by atoms with Gasteiger partial charge in [-0.05, 0) is 32.1 Å². The Morgan fingerprint density at radius 1 is 1.41 bits per heavy atom. The lowest BCUT2D eigenvalue weighted by Gasteiger charge is -2.30. The van der Waals surface area contributed by atoms with Gasteiger partial charge in [0.25, 0.3) is 0 Å². The van der Waals surface area contributed by atoms with Gasteiger partial charge in [-0.25, -0.2) is 0 Å². The molecule has 0 radical (unpaired) electrons. The zero-order valence-corrected chi connectivity index (χ0v) is 11.3. The topological polar surface area (TPSA) is 22.1 Å². The van der Waals surface area contributed by atoms with Crippen molar-refractivity contribution in [1.29, 1.82) is 0 Å². The number of ether oxygens (including phenoxy) is 1. The molecule has 1 saturated carbocycles. The SMILES string of the molecule is Cc1cc(OC2CCCCC2C)c(CCl)cn1. The molecule has 2 rings (SSSR count). The number of alkyl halides is 1. The van der Waals surface area contributed by atoms with Crippen molar-refractivity contribution in [1.82, 2.24) is 4.98 Å². The Bertz CT molecular complexity index is 380. The van der Waals surface area contributed by atoms with Crippen LogP contribution in [0.3, 0.4) is 0 Å². The third-order valence-electron chi connectivity index (χ3n) is 3.54. The molecule has 0 aromatic carbocycles. The normalized spacial score (nSPS) is 24.6. The highest BCUT2D eigenvalue weighted by Gasteiger charge is 2.23. The number of nitrogens with zero attached hydrogens (tertiary/aromatic N) is 1. The highest BCUT2D eigenvalue weighted by Crippen LogP contribution is 2.30. The molecule has 1 aliphatic rings. The minimum atomic E-state index is 0.340. The lowest BCUT2D eigenvalue weighted by atomic mass is 9.88. The number of halogens is 1. The summed E-state index contributed by atoms with van der Waals surface area (Å²) in [6.07, 6.45) is 7.20. The molecule has 1 fully saturated rings. The average molecular weight is 254 g/mol. The number of aryl methyl sites for hydroxylation is 1. The summed E-state index contributed by atoms with van der Waals surface area (Å²) in [6.45, 7) is 4.26. The van der Waals surface area contributed by atoms with E-state index >= 15 is 0 Å². The number of hydrogen-bond acceptors (Lipinski definition) is 2. The predicted molar refractivity (Wildman–Crippen MR) is 70.6 cm³/mol. The minimum Gasteiger partial charge on any atom is -0.490 e. The van der Waals surface area contributed by atoms with Crippen LogP contribution in [0.25, 0.3) is 0 Å². The summed E-state index contributed by atoms with van der Waals surface area (Å²) >= 11 is 5.92. The number of hydrogen-bond donors (Lipinski definition) is 0. The highest BCUT2D eigenvalue weighted by atomic mass is 35.5. The molecular formula is C14H20ClNO. The quantitative estimate of drug-likeness (QED) is 0.757. The first kappa shape index (κ1) is 12.7. The Kier molecular flexibility index (Phi) is 4.27. The van der Waals surface area contributed by atoms with Gasteiger partial charge >= 0.3 is 0 Å². The summed E-state index contributed by atoms with van der Waals surface area (Å²) in [5.74, 6) is 2.02. The van der Waals surface area contributed by atoms with Crippen molar-refractivity contribution >= 4 is 11.6 Å². The first-order valence-electron chi connectivity index (χ1n) is 6.39. The van der Waals surface area contributed by atoms with E-state index in [9.17, 15) is 0 Å². The summed E-state index contributed by atoms with van der Waals surface area (Å²) in [5, 5.41) is 0. The lowest BCUT2D eigenvalue weighted by molar-refractivity contribution is 0.101. The van der Waals surface area contributed by atoms with E-state index in [1.807, 2.05) is 19.2 Å². The Morgan fingerprint density at radius 2 is 2.18 bits per heavy atom. The van der Waals surface area contributed by atoms with E-state index in [0.29, 0.717) is 17.9 Å². The maximum absolute atomic E-state index is 6.15. The van der Waals surface area contributed by atoms with Crippen LogP contribution >= 0.6 is 11.6 Å². The van der Waals surface area contributed by atoms with Crippen molar-refractivity contribution in [2.45, 2.75) is 51.5 Å². The number of pyridine rings is 1. The monoisotopic (exact) mass is 253 g/mol. The second kappa shape index (κ2) is 5.72. The van der Waals surface area contributed by atoms with Crippen LogP contribution in [0.4, 0.5) is 0 Å². The van der Waals surface area contributed by atoms with Crippen molar-refractivity contribution in [3.05, 3.63) is 23.5 Å². The Hall–Kier alpha value is -0.760. The molecule has 17 heavy (non-hydrogen) atoms. The molecule has 0 amide bonds. The van der Waals surface area contributed by atoms with E-state index in [4.69, 9.17) is 16.3 Å². The molecule has 0 aliphatic heterocycles. The molecule has 1 aromatic heterocycles. The van der Waals surface area contributed by atoms with Crippen LogP contribution in [0.1, 0.15) is 43.9 Å². The highest BCUT2D eigenvalue weighted by molar-refractivity contribution is 6.17. The van der Waals surface area contributed by atoms with E-state index in [1.54, 1.807) is 0 Å². The fourth-order valence-corrected chi connectivity index (χ4v) is 2.59. The summed E-state index contributed by atoms with van der Waals surface area (Å²) in [6, 6.07) is 2.00. The second-order valence-corrected chi connectivity index (χ2v) is 5.25. The zero-order chi connectivity index (χ0) is 12.3. The molecular weight excluding hydrogens is 234 g/mol. The van der Waals surface area contributed by atoms with Crippen molar-refractivity contribution in [2.75, 3.05) is 0 Å². The summed E-state index contributed by atoms with van der Waals surface area (Å²) in [7, 11) is 0. The van der Waals surface area contributed by atoms with Gasteiger partial charge < -0.3 is 4.74 Å². The molecule has 2 nitrogen and oxygen atoms in total. The fraction of sp³-hybridized carbons (Fsp3) is 0.643. The van der Waals surface area contributed by atoms with Gasteiger partial charge in [0.2, 0.25) is 0 Å². The Morgan fingerprint density at radius 3 is 2.88 bits per heavy atom. The molecule has 3 heteroatoms. The Balaban J connectivity index is 2.13. The molecule has 0 N–H and O–H groups in total. The van der Waals surface area contributed by atoms with Crippen LogP contribution in [0.2, 0.25) is 0 Å². The van der Waals surface area contributed by atoms with Crippen LogP contribution < -0.4 is 4.74 Å². The third-order valence-corrected chi connectivity index (χ3v) is 3.82. The molecule has 0 bridgehead atoms. The number of aromatic nitrogens is 1. The molecule has 1 aliphatic carbocycles. The summed E-state index contributed by atoms with van der Waals surface area (Å²) in [4.78, 5) is 4.26. The van der Waals surface area contributed by atoms with Crippen LogP contribution in [-0.4, -0.2) is 11.1 Å². The van der Waals surface area contributed by atoms with Crippen molar-refractivity contribution < 1.29 is 4.74 Å². The van der Waals surface area contributed by atoms with E-state index in [1.165, 1.54) is 19.3 Å². The van der Waals surface area contributed by atoms with Gasteiger partial charge in [0.1, 0.15) is 11.9 Å². The fourth-order valence-electron chi connectivity index (χ4n) is 2.39. The van der Waals surface area contributed by atoms with Crippen molar-refractivity contribution in [3.63, 3.8) is 0 Å². The zero-order valence-electron chi connectivity index (χ0n) is 10.6. The molecule has 0 saturated heterocycles. The molecule has 2 unspecified atom stereocenters. The maximum atomic E-state index is 6.15. The average Bonchev–Trinajstić information content (AvgIpc) is 2.32.